The van der Waals surface area contributed by atoms with Gasteiger partial charge in [0, 0.05) is 0 Å². The molecule has 2 rings (SSSR count). The molecule has 0 aliphatic carbocycles. The molecule has 1 aromatic rings. The molecule has 4 heteroatoms. The fourth-order valence-electron chi connectivity index (χ4n) is 1.62. The number of hydrogen-bond acceptors (Lipinski definition) is 3. The molecule has 0 bridgehead atoms. The Morgan fingerprint density at radius 1 is 1.29 bits per heavy atom. The monoisotopic (exact) mass is 212 g/mol. The van der Waals surface area contributed by atoms with Gasteiger partial charge >= 0.3 is 0 Å². The van der Waals surface area contributed by atoms with Crippen LogP contribution in [0.15, 0.2) is 30.3 Å². The second kappa shape index (κ2) is 3.71. The minimum Gasteiger partial charge on any atom is -0.270 e. The van der Waals surface area contributed by atoms with Crippen molar-refractivity contribution >= 4 is 10.1 Å². The lowest BCUT2D eigenvalue weighted by Gasteiger charge is -2.06. The van der Waals surface area contributed by atoms with E-state index in [-0.39, 0.29) is 5.25 Å². The first-order valence-corrected chi connectivity index (χ1v) is 6.08. The van der Waals surface area contributed by atoms with Gasteiger partial charge in [-0.1, -0.05) is 30.3 Å². The van der Waals surface area contributed by atoms with Gasteiger partial charge in [-0.15, -0.1) is 0 Å². The Labute approximate surface area is 83.8 Å². The van der Waals surface area contributed by atoms with Crippen molar-refractivity contribution in [2.75, 3.05) is 6.61 Å². The Morgan fingerprint density at radius 3 is 2.57 bits per heavy atom. The van der Waals surface area contributed by atoms with Crippen LogP contribution in [0, 0.1) is 0 Å². The third-order valence-electron chi connectivity index (χ3n) is 2.40. The van der Waals surface area contributed by atoms with Gasteiger partial charge in [-0.25, -0.2) is 0 Å². The molecule has 1 saturated heterocycles. The largest absolute Gasteiger partial charge is 0.270 e. The van der Waals surface area contributed by atoms with Crippen LogP contribution in [0.2, 0.25) is 0 Å². The van der Waals surface area contributed by atoms with E-state index in [1.54, 1.807) is 0 Å². The van der Waals surface area contributed by atoms with E-state index in [9.17, 15) is 8.42 Å². The molecule has 0 radical (unpaired) electrons. The molecule has 1 unspecified atom stereocenters. The Morgan fingerprint density at radius 2 is 2.00 bits per heavy atom. The van der Waals surface area contributed by atoms with E-state index in [1.165, 1.54) is 0 Å². The lowest BCUT2D eigenvalue weighted by molar-refractivity contribution is 0.354. The quantitative estimate of drug-likeness (QED) is 0.695. The lowest BCUT2D eigenvalue weighted by atomic mass is 10.1. The Hall–Kier alpha value is -0.870. The zero-order chi connectivity index (χ0) is 10.0. The molecule has 3 nitrogen and oxygen atoms in total. The lowest BCUT2D eigenvalue weighted by Crippen LogP contribution is -2.17. The van der Waals surface area contributed by atoms with Crippen LogP contribution < -0.4 is 0 Å². The SMILES string of the molecule is O=S1(=O)OCCC1Cc1ccccc1. The van der Waals surface area contributed by atoms with Crippen molar-refractivity contribution in [2.45, 2.75) is 18.1 Å². The molecule has 14 heavy (non-hydrogen) atoms. The van der Waals surface area contributed by atoms with Crippen LogP contribution >= 0.6 is 0 Å². The zero-order valence-corrected chi connectivity index (χ0v) is 8.53. The van der Waals surface area contributed by atoms with Crippen molar-refractivity contribution in [1.82, 2.24) is 0 Å². The van der Waals surface area contributed by atoms with Crippen LogP contribution in [-0.4, -0.2) is 20.3 Å². The average Bonchev–Trinajstić information content (AvgIpc) is 2.48. The van der Waals surface area contributed by atoms with Gasteiger partial charge in [0.25, 0.3) is 10.1 Å². The first-order valence-electron chi connectivity index (χ1n) is 4.61. The molecule has 0 spiro atoms. The summed E-state index contributed by atoms with van der Waals surface area (Å²) in [6.07, 6.45) is 1.17. The predicted molar refractivity (Wildman–Crippen MR) is 53.4 cm³/mol. The fourth-order valence-corrected chi connectivity index (χ4v) is 2.92. The molecular formula is C10H12O3S. The summed E-state index contributed by atoms with van der Waals surface area (Å²) in [5, 5.41) is -0.357. The van der Waals surface area contributed by atoms with E-state index >= 15 is 0 Å². The maximum atomic E-state index is 11.3. The van der Waals surface area contributed by atoms with E-state index in [2.05, 4.69) is 0 Å². The van der Waals surface area contributed by atoms with Crippen molar-refractivity contribution in [2.24, 2.45) is 0 Å². The summed E-state index contributed by atoms with van der Waals surface area (Å²) in [6.45, 7) is 0.333. The first kappa shape index (κ1) is 9.68. The van der Waals surface area contributed by atoms with E-state index < -0.39 is 10.1 Å². The Kier molecular flexibility index (Phi) is 2.56. The highest BCUT2D eigenvalue weighted by atomic mass is 32.2. The van der Waals surface area contributed by atoms with Crippen LogP contribution in [-0.2, 0) is 20.7 Å². The van der Waals surface area contributed by atoms with Crippen molar-refractivity contribution in [3.05, 3.63) is 35.9 Å². The topological polar surface area (TPSA) is 43.4 Å². The maximum absolute atomic E-state index is 11.3. The molecule has 0 aromatic heterocycles. The van der Waals surface area contributed by atoms with E-state index in [0.717, 1.165) is 5.56 Å². The molecular weight excluding hydrogens is 200 g/mol. The zero-order valence-electron chi connectivity index (χ0n) is 7.72. The van der Waals surface area contributed by atoms with Crippen molar-refractivity contribution in [3.8, 4) is 0 Å². The van der Waals surface area contributed by atoms with Crippen molar-refractivity contribution in [1.29, 1.82) is 0 Å². The molecule has 0 amide bonds. The van der Waals surface area contributed by atoms with Crippen LogP contribution in [0.3, 0.4) is 0 Å². The number of rotatable bonds is 2. The van der Waals surface area contributed by atoms with Gasteiger partial charge in [-0.2, -0.15) is 8.42 Å². The van der Waals surface area contributed by atoms with E-state index in [1.807, 2.05) is 30.3 Å². The summed E-state index contributed by atoms with van der Waals surface area (Å²) in [5.41, 5.74) is 1.05. The third kappa shape index (κ3) is 1.96. The minimum atomic E-state index is -3.29. The highest BCUT2D eigenvalue weighted by Crippen LogP contribution is 2.21. The summed E-state index contributed by atoms with van der Waals surface area (Å²) >= 11 is 0. The standard InChI is InChI=1S/C10H12O3S/c11-14(12)10(6-7-13-14)8-9-4-2-1-3-5-9/h1-5,10H,6-8H2. The van der Waals surface area contributed by atoms with Crippen LogP contribution in [0.4, 0.5) is 0 Å². The smallest absolute Gasteiger partial charge is 0.270 e. The highest BCUT2D eigenvalue weighted by molar-refractivity contribution is 7.87. The fraction of sp³-hybridized carbons (Fsp3) is 0.400. The van der Waals surface area contributed by atoms with Gasteiger partial charge in [-0.3, -0.25) is 4.18 Å². The average molecular weight is 212 g/mol. The summed E-state index contributed by atoms with van der Waals surface area (Å²) in [5.74, 6) is 0. The van der Waals surface area contributed by atoms with E-state index in [4.69, 9.17) is 4.18 Å². The second-order valence-corrected chi connectivity index (χ2v) is 5.30. The molecule has 1 aliphatic rings. The number of hydrogen-bond donors (Lipinski definition) is 0. The van der Waals surface area contributed by atoms with Crippen LogP contribution in [0.1, 0.15) is 12.0 Å². The third-order valence-corrected chi connectivity index (χ3v) is 4.12. The summed E-state index contributed by atoms with van der Waals surface area (Å²) in [4.78, 5) is 0. The predicted octanol–water partition coefficient (Wildman–Crippen LogP) is 1.35. The molecule has 1 heterocycles. The van der Waals surface area contributed by atoms with Crippen LogP contribution in [0.25, 0.3) is 0 Å². The van der Waals surface area contributed by atoms with Gasteiger partial charge in [0.15, 0.2) is 0 Å². The number of benzene rings is 1. The minimum absolute atomic E-state index is 0.333. The molecule has 76 valence electrons. The Balaban J connectivity index is 2.13. The molecule has 1 fully saturated rings. The molecule has 1 aromatic carbocycles. The van der Waals surface area contributed by atoms with Gasteiger partial charge in [0.1, 0.15) is 0 Å². The first-order chi connectivity index (χ1) is 6.68. The summed E-state index contributed by atoms with van der Waals surface area (Å²) < 4.78 is 27.4. The molecule has 1 atom stereocenters. The summed E-state index contributed by atoms with van der Waals surface area (Å²) in [6, 6.07) is 9.63. The molecule has 0 saturated carbocycles. The van der Waals surface area contributed by atoms with Gasteiger partial charge in [0.2, 0.25) is 0 Å². The molecule has 1 aliphatic heterocycles. The van der Waals surface area contributed by atoms with Crippen molar-refractivity contribution in [3.63, 3.8) is 0 Å². The van der Waals surface area contributed by atoms with Gasteiger partial charge in [0.05, 0.1) is 11.9 Å². The summed E-state index contributed by atoms with van der Waals surface area (Å²) in [7, 11) is -3.29. The van der Waals surface area contributed by atoms with E-state index in [0.29, 0.717) is 19.4 Å². The molecule has 0 N–H and O–H groups in total. The Bertz CT molecular complexity index is 397. The van der Waals surface area contributed by atoms with Crippen molar-refractivity contribution < 1.29 is 12.6 Å². The maximum Gasteiger partial charge on any atom is 0.270 e. The van der Waals surface area contributed by atoms with Gasteiger partial charge < -0.3 is 0 Å². The van der Waals surface area contributed by atoms with Gasteiger partial charge in [-0.05, 0) is 18.4 Å². The highest BCUT2D eigenvalue weighted by Gasteiger charge is 2.32. The normalized spacial score (nSPS) is 25.0. The second-order valence-electron chi connectivity index (χ2n) is 3.42. The van der Waals surface area contributed by atoms with Crippen LogP contribution in [0.5, 0.6) is 0 Å².